The lowest BCUT2D eigenvalue weighted by molar-refractivity contribution is 0.0763. The number of aliphatic hydroxyl groups is 1. The van der Waals surface area contributed by atoms with E-state index in [1.54, 1.807) is 48.7 Å². The lowest BCUT2D eigenvalue weighted by Crippen LogP contribution is -2.33. The Labute approximate surface area is 174 Å². The van der Waals surface area contributed by atoms with Gasteiger partial charge in [-0.15, -0.1) is 0 Å². The van der Waals surface area contributed by atoms with Gasteiger partial charge < -0.3 is 19.7 Å². The van der Waals surface area contributed by atoms with E-state index in [0.29, 0.717) is 18.7 Å². The fraction of sp³-hybridized carbons (Fsp3) is 0.261. The molecule has 3 heterocycles. The molecule has 0 saturated carbocycles. The number of ether oxygens (including phenoxy) is 1. The number of likely N-dealkylation sites (tertiary alicyclic amines) is 1. The number of aromatic nitrogens is 2. The molecule has 30 heavy (non-hydrogen) atoms. The minimum Gasteiger partial charge on any atom is -0.497 e. The number of amides is 1. The van der Waals surface area contributed by atoms with Crippen LogP contribution in [0.2, 0.25) is 0 Å². The molecule has 2 aromatic heterocycles. The number of β-amino-alcohol motifs (C(OH)–C–C–N with tert-alkyl or cyclic N) is 1. The van der Waals surface area contributed by atoms with Gasteiger partial charge in [-0.2, -0.15) is 0 Å². The summed E-state index contributed by atoms with van der Waals surface area (Å²) in [6, 6.07) is 14.4. The number of nitrogens with one attached hydrogen (secondary N) is 1. The number of aromatic amines is 1. The van der Waals surface area contributed by atoms with Gasteiger partial charge in [0.1, 0.15) is 11.3 Å². The van der Waals surface area contributed by atoms with Gasteiger partial charge in [-0.25, -0.2) is 0 Å². The van der Waals surface area contributed by atoms with E-state index < -0.39 is 11.7 Å². The van der Waals surface area contributed by atoms with Crippen LogP contribution in [0.4, 0.5) is 0 Å². The number of nitrogens with zero attached hydrogens (tertiary/aromatic N) is 2. The smallest absolute Gasteiger partial charge is 0.261 e. The minimum absolute atomic E-state index is 0.0732. The summed E-state index contributed by atoms with van der Waals surface area (Å²) in [5, 5.41) is 10.4. The number of methoxy groups -OCH3 is 1. The highest BCUT2D eigenvalue weighted by atomic mass is 16.5. The third-order valence-electron chi connectivity index (χ3n) is 5.48. The van der Waals surface area contributed by atoms with Gasteiger partial charge in [0.25, 0.3) is 11.5 Å². The van der Waals surface area contributed by atoms with Crippen molar-refractivity contribution in [1.82, 2.24) is 14.9 Å². The van der Waals surface area contributed by atoms with E-state index in [1.807, 2.05) is 24.3 Å². The molecule has 1 amide bonds. The maximum atomic E-state index is 12.9. The predicted molar refractivity (Wildman–Crippen MR) is 112 cm³/mol. The number of hydrogen-bond acceptors (Lipinski definition) is 5. The van der Waals surface area contributed by atoms with Crippen molar-refractivity contribution in [2.45, 2.75) is 12.5 Å². The average Bonchev–Trinajstić information content (AvgIpc) is 3.14. The van der Waals surface area contributed by atoms with Gasteiger partial charge in [-0.1, -0.05) is 0 Å². The summed E-state index contributed by atoms with van der Waals surface area (Å²) in [5.41, 5.74) is 2.13. The topological polar surface area (TPSA) is 95.5 Å². The zero-order valence-corrected chi connectivity index (χ0v) is 16.6. The van der Waals surface area contributed by atoms with Gasteiger partial charge >= 0.3 is 0 Å². The molecule has 7 nitrogen and oxygen atoms in total. The molecule has 0 unspecified atom stereocenters. The number of aliphatic hydroxyl groups excluding tert-OH is 1. The van der Waals surface area contributed by atoms with Crippen molar-refractivity contribution in [1.29, 1.82) is 0 Å². The highest BCUT2D eigenvalue weighted by molar-refractivity contribution is 5.94. The Balaban J connectivity index is 1.48. The van der Waals surface area contributed by atoms with Crippen LogP contribution >= 0.6 is 0 Å². The molecule has 3 aromatic rings. The Morgan fingerprint density at radius 1 is 1.13 bits per heavy atom. The Kier molecular flexibility index (Phi) is 5.63. The number of benzene rings is 1. The van der Waals surface area contributed by atoms with Crippen LogP contribution in [0.1, 0.15) is 15.9 Å². The van der Waals surface area contributed by atoms with Crippen LogP contribution in [0.15, 0.2) is 65.7 Å². The molecular weight excluding hydrogens is 382 g/mol. The SMILES string of the molecule is COc1ccc(-c2ccc(C(=O)N3C[C@@H](Cc4ccncc4)[C@@H](O)C3)c(=O)[nH]2)cc1. The zero-order valence-electron chi connectivity index (χ0n) is 16.6. The highest BCUT2D eigenvalue weighted by Gasteiger charge is 2.35. The Morgan fingerprint density at radius 3 is 2.53 bits per heavy atom. The lowest BCUT2D eigenvalue weighted by atomic mass is 9.97. The van der Waals surface area contributed by atoms with Gasteiger partial charge in [-0.05, 0) is 66.1 Å². The van der Waals surface area contributed by atoms with Crippen LogP contribution in [0.3, 0.4) is 0 Å². The van der Waals surface area contributed by atoms with E-state index in [0.717, 1.165) is 16.9 Å². The summed E-state index contributed by atoms with van der Waals surface area (Å²) in [6.07, 6.45) is 3.45. The third kappa shape index (κ3) is 4.11. The first-order valence-corrected chi connectivity index (χ1v) is 9.79. The van der Waals surface area contributed by atoms with E-state index in [2.05, 4.69) is 9.97 Å². The first kappa shape index (κ1) is 19.8. The number of carbonyl (C=O) groups excluding carboxylic acids is 1. The van der Waals surface area contributed by atoms with Crippen molar-refractivity contribution in [3.63, 3.8) is 0 Å². The highest BCUT2D eigenvalue weighted by Crippen LogP contribution is 2.23. The van der Waals surface area contributed by atoms with Crippen molar-refractivity contribution in [2.75, 3.05) is 20.2 Å². The molecule has 1 aliphatic heterocycles. The number of carbonyl (C=O) groups is 1. The maximum Gasteiger partial charge on any atom is 0.261 e. The second-order valence-corrected chi connectivity index (χ2v) is 7.44. The second-order valence-electron chi connectivity index (χ2n) is 7.44. The summed E-state index contributed by atoms with van der Waals surface area (Å²) in [7, 11) is 1.59. The summed E-state index contributed by atoms with van der Waals surface area (Å²) < 4.78 is 5.15. The molecule has 0 radical (unpaired) electrons. The molecule has 1 saturated heterocycles. The molecule has 1 aliphatic rings. The first-order valence-electron chi connectivity index (χ1n) is 9.79. The summed E-state index contributed by atoms with van der Waals surface area (Å²) in [4.78, 5) is 33.8. The van der Waals surface area contributed by atoms with Gasteiger partial charge in [0, 0.05) is 37.1 Å². The second kappa shape index (κ2) is 8.51. The van der Waals surface area contributed by atoms with Crippen molar-refractivity contribution in [2.24, 2.45) is 5.92 Å². The molecule has 0 spiro atoms. The first-order chi connectivity index (χ1) is 14.5. The zero-order chi connectivity index (χ0) is 21.1. The standard InChI is InChI=1S/C23H23N3O4/c1-30-18-4-2-16(3-5-18)20-7-6-19(22(28)25-20)23(29)26-13-17(21(27)14-26)12-15-8-10-24-11-9-15/h2-11,17,21,27H,12-14H2,1H3,(H,25,28)/t17-,21+/m1/s1. The van der Waals surface area contributed by atoms with Crippen molar-refractivity contribution < 1.29 is 14.6 Å². The molecule has 1 aromatic carbocycles. The molecular formula is C23H23N3O4. The van der Waals surface area contributed by atoms with Gasteiger partial charge in [0.15, 0.2) is 0 Å². The van der Waals surface area contributed by atoms with Crippen LogP contribution in [-0.4, -0.2) is 52.2 Å². The number of H-pyrrole nitrogens is 1. The molecule has 0 bridgehead atoms. The normalized spacial score (nSPS) is 18.4. The number of hydrogen-bond donors (Lipinski definition) is 2. The van der Waals surface area contributed by atoms with Crippen LogP contribution in [-0.2, 0) is 6.42 Å². The fourth-order valence-electron chi connectivity index (χ4n) is 3.79. The molecule has 2 atom stereocenters. The van der Waals surface area contributed by atoms with Gasteiger partial charge in [0.05, 0.1) is 13.2 Å². The van der Waals surface area contributed by atoms with Gasteiger partial charge in [0.2, 0.25) is 0 Å². The minimum atomic E-state index is -0.625. The Hall–Kier alpha value is -3.45. The molecule has 1 fully saturated rings. The van der Waals surface area contributed by atoms with Crippen LogP contribution in [0.25, 0.3) is 11.3 Å². The average molecular weight is 405 g/mol. The molecule has 154 valence electrons. The quantitative estimate of drug-likeness (QED) is 0.678. The van der Waals surface area contributed by atoms with E-state index in [9.17, 15) is 14.7 Å². The van der Waals surface area contributed by atoms with Crippen molar-refractivity contribution in [3.8, 4) is 17.0 Å². The largest absolute Gasteiger partial charge is 0.497 e. The summed E-state index contributed by atoms with van der Waals surface area (Å²) in [6.45, 7) is 0.621. The van der Waals surface area contributed by atoms with E-state index in [1.165, 1.54) is 0 Å². The van der Waals surface area contributed by atoms with E-state index in [-0.39, 0.29) is 23.9 Å². The number of pyridine rings is 2. The van der Waals surface area contributed by atoms with Crippen LogP contribution in [0.5, 0.6) is 5.75 Å². The molecule has 2 N–H and O–H groups in total. The van der Waals surface area contributed by atoms with E-state index in [4.69, 9.17) is 4.74 Å². The third-order valence-corrected chi connectivity index (χ3v) is 5.48. The Morgan fingerprint density at radius 2 is 1.87 bits per heavy atom. The fourth-order valence-corrected chi connectivity index (χ4v) is 3.79. The number of rotatable bonds is 5. The van der Waals surface area contributed by atoms with Crippen LogP contribution < -0.4 is 10.3 Å². The monoisotopic (exact) mass is 405 g/mol. The summed E-state index contributed by atoms with van der Waals surface area (Å²) >= 11 is 0. The molecule has 4 rings (SSSR count). The summed E-state index contributed by atoms with van der Waals surface area (Å²) in [5.74, 6) is 0.282. The van der Waals surface area contributed by atoms with Crippen molar-refractivity contribution >= 4 is 5.91 Å². The van der Waals surface area contributed by atoms with E-state index >= 15 is 0 Å². The van der Waals surface area contributed by atoms with Crippen molar-refractivity contribution in [3.05, 3.63) is 82.4 Å². The molecule has 0 aliphatic carbocycles. The van der Waals surface area contributed by atoms with Crippen LogP contribution in [0, 0.1) is 5.92 Å². The Bertz CT molecular complexity index is 1080. The van der Waals surface area contributed by atoms with Gasteiger partial charge in [-0.3, -0.25) is 14.6 Å². The predicted octanol–water partition coefficient (Wildman–Crippen LogP) is 2.12. The molecule has 7 heteroatoms. The lowest BCUT2D eigenvalue weighted by Gasteiger charge is -2.16. The maximum absolute atomic E-state index is 12.9.